The van der Waals surface area contributed by atoms with Crippen LogP contribution in [0.4, 0.5) is 0 Å². The highest BCUT2D eigenvalue weighted by Crippen LogP contribution is 2.51. The zero-order valence-corrected chi connectivity index (χ0v) is 10.4. The van der Waals surface area contributed by atoms with E-state index in [1.807, 2.05) is 19.1 Å². The third kappa shape index (κ3) is 1.94. The largest absolute Gasteiger partial charge is 0.450 e. The van der Waals surface area contributed by atoms with E-state index in [0.717, 1.165) is 12.8 Å². The monoisotopic (exact) mass is 234 g/mol. The van der Waals surface area contributed by atoms with Crippen molar-refractivity contribution < 1.29 is 14.3 Å². The molecule has 0 aromatic carbocycles. The number of esters is 1. The lowest BCUT2D eigenvalue weighted by Gasteiger charge is -2.39. The Morgan fingerprint density at radius 3 is 3.06 bits per heavy atom. The van der Waals surface area contributed by atoms with Crippen LogP contribution in [0.1, 0.15) is 39.5 Å². The van der Waals surface area contributed by atoms with Crippen molar-refractivity contribution in [1.29, 1.82) is 0 Å². The molecule has 0 saturated carbocycles. The van der Waals surface area contributed by atoms with Gasteiger partial charge in [0.2, 0.25) is 0 Å². The number of allylic oxidation sites excluding steroid dienone is 2. The standard InChI is InChI=1S/C14H18O3/c1-3-11(15)6-9-14-8-5-4-7-13(14,2)10-12(16)17-14/h5-6,8-9H,3-4,7,10H2,1-2H3/b9-6+/t13-,14+/m0/s1. The summed E-state index contributed by atoms with van der Waals surface area (Å²) in [5.41, 5.74) is -0.906. The van der Waals surface area contributed by atoms with Crippen molar-refractivity contribution in [1.82, 2.24) is 0 Å². The number of ketones is 1. The predicted octanol–water partition coefficient (Wildman–Crippen LogP) is 2.56. The van der Waals surface area contributed by atoms with Gasteiger partial charge in [-0.15, -0.1) is 0 Å². The minimum atomic E-state index is -0.701. The molecule has 0 amide bonds. The van der Waals surface area contributed by atoms with Crippen LogP contribution in [-0.4, -0.2) is 17.4 Å². The summed E-state index contributed by atoms with van der Waals surface area (Å²) >= 11 is 0. The maximum absolute atomic E-state index is 11.6. The van der Waals surface area contributed by atoms with Crippen molar-refractivity contribution in [2.45, 2.75) is 45.1 Å². The van der Waals surface area contributed by atoms with Gasteiger partial charge in [-0.25, -0.2) is 0 Å². The Hall–Kier alpha value is -1.38. The first-order chi connectivity index (χ1) is 8.01. The molecule has 0 bridgehead atoms. The SMILES string of the molecule is CCC(=O)/C=C/[C@]12C=CCC[C@@]1(C)CC(=O)O2. The molecule has 2 rings (SSSR count). The molecule has 1 saturated heterocycles. The minimum absolute atomic E-state index is 0.0589. The van der Waals surface area contributed by atoms with Gasteiger partial charge in [0.1, 0.15) is 0 Å². The third-order valence-corrected chi connectivity index (χ3v) is 3.85. The van der Waals surface area contributed by atoms with Crippen LogP contribution >= 0.6 is 0 Å². The number of hydrogen-bond donors (Lipinski definition) is 0. The van der Waals surface area contributed by atoms with Crippen LogP contribution in [0.15, 0.2) is 24.3 Å². The van der Waals surface area contributed by atoms with Gasteiger partial charge in [0.05, 0.1) is 6.42 Å². The first-order valence-electron chi connectivity index (χ1n) is 6.13. The van der Waals surface area contributed by atoms with Crippen LogP contribution in [0, 0.1) is 5.41 Å². The fourth-order valence-corrected chi connectivity index (χ4v) is 2.61. The van der Waals surface area contributed by atoms with Gasteiger partial charge in [0.25, 0.3) is 0 Å². The summed E-state index contributed by atoms with van der Waals surface area (Å²) in [6.45, 7) is 3.88. The summed E-state index contributed by atoms with van der Waals surface area (Å²) in [5, 5.41) is 0. The van der Waals surface area contributed by atoms with Crippen molar-refractivity contribution in [2.75, 3.05) is 0 Å². The van der Waals surface area contributed by atoms with Crippen LogP contribution in [0.2, 0.25) is 0 Å². The van der Waals surface area contributed by atoms with E-state index < -0.39 is 5.60 Å². The first kappa shape index (κ1) is 12.1. The lowest BCUT2D eigenvalue weighted by molar-refractivity contribution is -0.144. The van der Waals surface area contributed by atoms with Crippen molar-refractivity contribution in [2.24, 2.45) is 5.41 Å². The lowest BCUT2D eigenvalue weighted by Crippen LogP contribution is -2.41. The van der Waals surface area contributed by atoms with Gasteiger partial charge in [-0.1, -0.05) is 19.9 Å². The van der Waals surface area contributed by atoms with Gasteiger partial charge < -0.3 is 4.74 Å². The van der Waals surface area contributed by atoms with E-state index in [1.165, 1.54) is 0 Å². The minimum Gasteiger partial charge on any atom is -0.450 e. The zero-order chi connectivity index (χ0) is 12.5. The Morgan fingerprint density at radius 2 is 2.35 bits per heavy atom. The lowest BCUT2D eigenvalue weighted by atomic mass is 9.67. The molecule has 0 N–H and O–H groups in total. The molecule has 92 valence electrons. The van der Waals surface area contributed by atoms with Crippen LogP contribution in [0.5, 0.6) is 0 Å². The average molecular weight is 234 g/mol. The van der Waals surface area contributed by atoms with E-state index in [-0.39, 0.29) is 17.2 Å². The Bertz CT molecular complexity index is 408. The van der Waals surface area contributed by atoms with Crippen molar-refractivity contribution in [3.8, 4) is 0 Å². The molecular weight excluding hydrogens is 216 g/mol. The normalized spacial score (nSPS) is 36.0. The summed E-state index contributed by atoms with van der Waals surface area (Å²) in [6, 6.07) is 0. The molecule has 0 aromatic rings. The number of rotatable bonds is 3. The van der Waals surface area contributed by atoms with E-state index in [9.17, 15) is 9.59 Å². The summed E-state index contributed by atoms with van der Waals surface area (Å²) in [5.74, 6) is -0.115. The number of ether oxygens (including phenoxy) is 1. The summed E-state index contributed by atoms with van der Waals surface area (Å²) in [6.07, 6.45) is 10.1. The van der Waals surface area contributed by atoms with Crippen LogP contribution < -0.4 is 0 Å². The molecule has 3 heteroatoms. The van der Waals surface area contributed by atoms with E-state index in [0.29, 0.717) is 12.8 Å². The van der Waals surface area contributed by atoms with Gasteiger partial charge >= 0.3 is 5.97 Å². The van der Waals surface area contributed by atoms with E-state index in [4.69, 9.17) is 4.74 Å². The average Bonchev–Trinajstić information content (AvgIpc) is 2.56. The predicted molar refractivity (Wildman–Crippen MR) is 64.4 cm³/mol. The molecule has 0 spiro atoms. The van der Waals surface area contributed by atoms with Crippen LogP contribution in [0.25, 0.3) is 0 Å². The highest BCUT2D eigenvalue weighted by Gasteiger charge is 2.55. The van der Waals surface area contributed by atoms with E-state index in [2.05, 4.69) is 6.92 Å². The van der Waals surface area contributed by atoms with E-state index in [1.54, 1.807) is 12.2 Å². The quantitative estimate of drug-likeness (QED) is 0.428. The second-order valence-electron chi connectivity index (χ2n) is 5.10. The number of carbonyl (C=O) groups is 2. The molecule has 2 atom stereocenters. The van der Waals surface area contributed by atoms with Crippen molar-refractivity contribution in [3.05, 3.63) is 24.3 Å². The topological polar surface area (TPSA) is 43.4 Å². The summed E-state index contributed by atoms with van der Waals surface area (Å²) in [4.78, 5) is 22.9. The number of hydrogen-bond acceptors (Lipinski definition) is 3. The molecule has 17 heavy (non-hydrogen) atoms. The van der Waals surface area contributed by atoms with E-state index >= 15 is 0 Å². The molecule has 1 heterocycles. The van der Waals surface area contributed by atoms with Gasteiger partial charge in [-0.2, -0.15) is 0 Å². The van der Waals surface area contributed by atoms with Crippen LogP contribution in [0.3, 0.4) is 0 Å². The summed E-state index contributed by atoms with van der Waals surface area (Å²) < 4.78 is 5.49. The Labute approximate surface area is 102 Å². The molecule has 0 unspecified atom stereocenters. The fraction of sp³-hybridized carbons (Fsp3) is 0.571. The number of fused-ring (bicyclic) bond motifs is 1. The molecule has 3 nitrogen and oxygen atoms in total. The summed E-state index contributed by atoms with van der Waals surface area (Å²) in [7, 11) is 0. The molecule has 1 fully saturated rings. The second kappa shape index (κ2) is 4.13. The van der Waals surface area contributed by atoms with Crippen molar-refractivity contribution >= 4 is 11.8 Å². The maximum Gasteiger partial charge on any atom is 0.307 e. The maximum atomic E-state index is 11.6. The zero-order valence-electron chi connectivity index (χ0n) is 10.4. The van der Waals surface area contributed by atoms with Crippen LogP contribution in [-0.2, 0) is 14.3 Å². The Morgan fingerprint density at radius 1 is 1.59 bits per heavy atom. The molecule has 1 aliphatic carbocycles. The Kier molecular flexibility index (Phi) is 2.94. The highest BCUT2D eigenvalue weighted by atomic mass is 16.6. The van der Waals surface area contributed by atoms with Crippen molar-refractivity contribution in [3.63, 3.8) is 0 Å². The van der Waals surface area contributed by atoms with Gasteiger partial charge in [-0.05, 0) is 31.1 Å². The Balaban J connectivity index is 2.34. The number of carbonyl (C=O) groups excluding carboxylic acids is 2. The smallest absolute Gasteiger partial charge is 0.307 e. The van der Waals surface area contributed by atoms with Gasteiger partial charge in [-0.3, -0.25) is 9.59 Å². The first-order valence-corrected chi connectivity index (χ1v) is 6.13. The molecule has 1 aliphatic heterocycles. The fourth-order valence-electron chi connectivity index (χ4n) is 2.61. The molecule has 0 radical (unpaired) electrons. The molecule has 0 aromatic heterocycles. The second-order valence-corrected chi connectivity index (χ2v) is 5.10. The van der Waals surface area contributed by atoms with Gasteiger partial charge in [0, 0.05) is 11.8 Å². The molecular formula is C14H18O3. The third-order valence-electron chi connectivity index (χ3n) is 3.85. The molecule has 2 aliphatic rings. The van der Waals surface area contributed by atoms with Gasteiger partial charge in [0.15, 0.2) is 11.4 Å². The highest BCUT2D eigenvalue weighted by molar-refractivity contribution is 5.89.